The highest BCUT2D eigenvalue weighted by Crippen LogP contribution is 2.25. The minimum atomic E-state index is -0.0999. The number of carbonyl (C=O) groups excluding carboxylic acids is 2. The first-order valence-corrected chi connectivity index (χ1v) is 9.75. The molecule has 5 nitrogen and oxygen atoms in total. The summed E-state index contributed by atoms with van der Waals surface area (Å²) in [6.07, 6.45) is 6.44. The summed E-state index contributed by atoms with van der Waals surface area (Å²) in [5.41, 5.74) is 3.08. The lowest BCUT2D eigenvalue weighted by atomic mass is 9.85. The van der Waals surface area contributed by atoms with E-state index in [1.54, 1.807) is 6.20 Å². The summed E-state index contributed by atoms with van der Waals surface area (Å²) in [4.78, 5) is 27.3. The van der Waals surface area contributed by atoms with Crippen LogP contribution in [0.3, 0.4) is 0 Å². The predicted molar refractivity (Wildman–Crippen MR) is 106 cm³/mol. The molecule has 1 saturated heterocycles. The zero-order chi connectivity index (χ0) is 19.4. The van der Waals surface area contributed by atoms with Gasteiger partial charge >= 0.3 is 0 Å². The van der Waals surface area contributed by atoms with Crippen molar-refractivity contribution in [2.24, 2.45) is 5.92 Å². The second-order valence-corrected chi connectivity index (χ2v) is 8.48. The number of rotatable bonds is 5. The van der Waals surface area contributed by atoms with Gasteiger partial charge in [0.2, 0.25) is 5.91 Å². The summed E-state index contributed by atoms with van der Waals surface area (Å²) in [5, 5.41) is 6.67. The van der Waals surface area contributed by atoms with Crippen molar-refractivity contribution in [3.63, 3.8) is 0 Å². The number of piperidine rings is 1. The quantitative estimate of drug-likeness (QED) is 0.818. The molecule has 2 heterocycles. The monoisotopic (exact) mass is 367 g/mol. The van der Waals surface area contributed by atoms with Crippen molar-refractivity contribution in [2.45, 2.75) is 51.9 Å². The zero-order valence-electron chi connectivity index (χ0n) is 16.5. The highest BCUT2D eigenvalue weighted by Gasteiger charge is 2.29. The van der Waals surface area contributed by atoms with Crippen molar-refractivity contribution in [3.8, 4) is 0 Å². The summed E-state index contributed by atoms with van der Waals surface area (Å²) in [5.74, 6) is 0.177. The number of Topliss-reactive ketones (excluding diaryl/α,β-unsaturated/α-hetero) is 1. The number of ketones is 1. The molecule has 1 unspecified atom stereocenters. The van der Waals surface area contributed by atoms with Crippen LogP contribution in [0, 0.1) is 5.92 Å². The molecule has 1 N–H and O–H groups in total. The Morgan fingerprint density at radius 3 is 2.59 bits per heavy atom. The molecule has 27 heavy (non-hydrogen) atoms. The fourth-order valence-corrected chi connectivity index (χ4v) is 3.61. The number of nitrogens with zero attached hydrogens (tertiary/aromatic N) is 2. The van der Waals surface area contributed by atoms with Crippen LogP contribution in [-0.4, -0.2) is 39.9 Å². The van der Waals surface area contributed by atoms with Crippen LogP contribution in [0.1, 0.15) is 61.5 Å². The number of H-pyrrole nitrogens is 1. The molecule has 2 aromatic rings. The van der Waals surface area contributed by atoms with Crippen LogP contribution in [0.15, 0.2) is 36.7 Å². The van der Waals surface area contributed by atoms with Gasteiger partial charge in [0, 0.05) is 37.2 Å². The van der Waals surface area contributed by atoms with E-state index in [0.29, 0.717) is 19.4 Å². The molecule has 1 amide bonds. The number of benzene rings is 1. The van der Waals surface area contributed by atoms with E-state index in [0.717, 1.165) is 30.5 Å². The largest absolute Gasteiger partial charge is 0.342 e. The van der Waals surface area contributed by atoms with Crippen LogP contribution >= 0.6 is 0 Å². The molecule has 1 aliphatic rings. The van der Waals surface area contributed by atoms with Gasteiger partial charge in [0.15, 0.2) is 5.78 Å². The van der Waals surface area contributed by atoms with Crippen molar-refractivity contribution in [1.82, 2.24) is 15.1 Å². The van der Waals surface area contributed by atoms with Gasteiger partial charge < -0.3 is 4.90 Å². The molecule has 0 bridgehead atoms. The molecule has 1 fully saturated rings. The third-order valence-corrected chi connectivity index (χ3v) is 5.36. The van der Waals surface area contributed by atoms with Gasteiger partial charge in [0.1, 0.15) is 0 Å². The third kappa shape index (κ3) is 4.85. The fraction of sp³-hybridized carbons (Fsp3) is 0.500. The van der Waals surface area contributed by atoms with Crippen molar-refractivity contribution < 1.29 is 9.59 Å². The second kappa shape index (κ2) is 8.07. The molecule has 1 atom stereocenters. The van der Waals surface area contributed by atoms with E-state index in [9.17, 15) is 9.59 Å². The van der Waals surface area contributed by atoms with Gasteiger partial charge in [-0.15, -0.1) is 0 Å². The molecular weight excluding hydrogens is 338 g/mol. The van der Waals surface area contributed by atoms with Crippen LogP contribution in [0.25, 0.3) is 0 Å². The molecule has 0 spiro atoms. The summed E-state index contributed by atoms with van der Waals surface area (Å²) in [6, 6.07) is 7.96. The maximum Gasteiger partial charge on any atom is 0.222 e. The molecule has 144 valence electrons. The highest BCUT2D eigenvalue weighted by molar-refractivity contribution is 5.98. The number of hydrogen-bond donors (Lipinski definition) is 1. The Kier molecular flexibility index (Phi) is 5.78. The average Bonchev–Trinajstić information content (AvgIpc) is 3.18. The normalized spacial score (nSPS) is 17.7. The van der Waals surface area contributed by atoms with Crippen LogP contribution < -0.4 is 0 Å². The van der Waals surface area contributed by atoms with E-state index >= 15 is 0 Å². The van der Waals surface area contributed by atoms with E-state index in [1.807, 2.05) is 35.4 Å². The molecule has 0 radical (unpaired) electrons. The minimum absolute atomic E-state index is 0.0740. The Balaban J connectivity index is 1.59. The molecule has 1 aromatic carbocycles. The minimum Gasteiger partial charge on any atom is -0.342 e. The maximum absolute atomic E-state index is 12.9. The van der Waals surface area contributed by atoms with Crippen molar-refractivity contribution in [1.29, 1.82) is 0 Å². The Hall–Kier alpha value is -2.43. The maximum atomic E-state index is 12.9. The van der Waals surface area contributed by atoms with Crippen LogP contribution in [0.5, 0.6) is 0 Å². The average molecular weight is 367 g/mol. The van der Waals surface area contributed by atoms with Crippen molar-refractivity contribution >= 4 is 11.7 Å². The van der Waals surface area contributed by atoms with Gasteiger partial charge in [-0.25, -0.2) is 0 Å². The number of aromatic nitrogens is 2. The SMILES string of the molecule is CC(C)(C)c1ccc(C(=O)C2CCCN(C(=O)CCc3cn[nH]c3)C2)cc1. The molecular formula is C22H29N3O2. The number of carbonyl (C=O) groups is 2. The number of likely N-dealkylation sites (tertiary alicyclic amines) is 1. The summed E-state index contributed by atoms with van der Waals surface area (Å²) >= 11 is 0. The van der Waals surface area contributed by atoms with Gasteiger partial charge in [0.25, 0.3) is 0 Å². The molecule has 1 aromatic heterocycles. The fourth-order valence-electron chi connectivity index (χ4n) is 3.61. The van der Waals surface area contributed by atoms with E-state index in [1.165, 1.54) is 5.56 Å². The van der Waals surface area contributed by atoms with Crippen LogP contribution in [0.2, 0.25) is 0 Å². The molecule has 1 aliphatic heterocycles. The lowest BCUT2D eigenvalue weighted by Gasteiger charge is -2.32. The standard InChI is InChI=1S/C22H29N3O2/c1-22(2,3)19-9-7-17(8-10-19)21(27)18-5-4-12-25(15-18)20(26)11-6-16-13-23-24-14-16/h7-10,13-14,18H,4-6,11-12,15H2,1-3H3,(H,23,24). The Labute approximate surface area is 161 Å². The zero-order valence-corrected chi connectivity index (χ0v) is 16.5. The topological polar surface area (TPSA) is 66.1 Å². The predicted octanol–water partition coefficient (Wildman–Crippen LogP) is 3.76. The second-order valence-electron chi connectivity index (χ2n) is 8.48. The van der Waals surface area contributed by atoms with E-state index < -0.39 is 0 Å². The van der Waals surface area contributed by atoms with E-state index in [-0.39, 0.29) is 23.0 Å². The van der Waals surface area contributed by atoms with Gasteiger partial charge in [-0.1, -0.05) is 45.0 Å². The van der Waals surface area contributed by atoms with Gasteiger partial charge in [-0.05, 0) is 35.8 Å². The number of aryl methyl sites for hydroxylation is 1. The first kappa shape index (κ1) is 19.3. The lowest BCUT2D eigenvalue weighted by molar-refractivity contribution is -0.132. The summed E-state index contributed by atoms with van der Waals surface area (Å²) < 4.78 is 0. The number of hydrogen-bond acceptors (Lipinski definition) is 3. The van der Waals surface area contributed by atoms with Crippen LogP contribution in [-0.2, 0) is 16.6 Å². The Morgan fingerprint density at radius 2 is 1.96 bits per heavy atom. The summed E-state index contributed by atoms with van der Waals surface area (Å²) in [7, 11) is 0. The Morgan fingerprint density at radius 1 is 1.22 bits per heavy atom. The molecule has 0 saturated carbocycles. The van der Waals surface area contributed by atoms with E-state index in [2.05, 4.69) is 31.0 Å². The molecule has 3 rings (SSSR count). The van der Waals surface area contributed by atoms with Gasteiger partial charge in [-0.2, -0.15) is 5.10 Å². The third-order valence-electron chi connectivity index (χ3n) is 5.36. The molecule has 0 aliphatic carbocycles. The lowest BCUT2D eigenvalue weighted by Crippen LogP contribution is -2.42. The van der Waals surface area contributed by atoms with Crippen molar-refractivity contribution in [3.05, 3.63) is 53.3 Å². The first-order chi connectivity index (χ1) is 12.8. The number of nitrogens with one attached hydrogen (secondary N) is 1. The number of amides is 1. The Bertz CT molecular complexity index is 773. The van der Waals surface area contributed by atoms with Gasteiger partial charge in [-0.3, -0.25) is 14.7 Å². The first-order valence-electron chi connectivity index (χ1n) is 9.75. The van der Waals surface area contributed by atoms with E-state index in [4.69, 9.17) is 0 Å². The van der Waals surface area contributed by atoms with Crippen LogP contribution in [0.4, 0.5) is 0 Å². The summed E-state index contributed by atoms with van der Waals surface area (Å²) in [6.45, 7) is 7.77. The van der Waals surface area contributed by atoms with Crippen molar-refractivity contribution in [2.75, 3.05) is 13.1 Å². The number of aromatic amines is 1. The highest BCUT2D eigenvalue weighted by atomic mass is 16.2. The molecule has 5 heteroatoms. The van der Waals surface area contributed by atoms with Gasteiger partial charge in [0.05, 0.1) is 6.20 Å². The smallest absolute Gasteiger partial charge is 0.222 e.